The first-order valence-electron chi connectivity index (χ1n) is 10.6. The van der Waals surface area contributed by atoms with Gasteiger partial charge in [-0.25, -0.2) is 4.98 Å². The highest BCUT2D eigenvalue weighted by Crippen LogP contribution is 2.30. The number of halogens is 3. The van der Waals surface area contributed by atoms with Gasteiger partial charge in [0, 0.05) is 47.9 Å². The third kappa shape index (κ3) is 5.69. The van der Waals surface area contributed by atoms with E-state index in [9.17, 15) is 22.8 Å². The predicted octanol–water partition coefficient (Wildman–Crippen LogP) is 5.14. The molecule has 4 aromatic rings. The molecule has 2 N–H and O–H groups in total. The van der Waals surface area contributed by atoms with E-state index in [1.54, 1.807) is 43.6 Å². The average Bonchev–Trinajstić information content (AvgIpc) is 2.84. The van der Waals surface area contributed by atoms with Gasteiger partial charge in [0.15, 0.2) is 0 Å². The molecule has 182 valence electrons. The number of aromatic nitrogens is 4. The van der Waals surface area contributed by atoms with Crippen molar-refractivity contribution < 1.29 is 22.8 Å². The monoisotopic (exact) mass is 492 g/mol. The molecule has 0 aliphatic rings. The molecular formula is C25H19F3N6O2. The van der Waals surface area contributed by atoms with Crippen molar-refractivity contribution in [3.05, 3.63) is 84.2 Å². The van der Waals surface area contributed by atoms with Gasteiger partial charge < -0.3 is 10.6 Å². The van der Waals surface area contributed by atoms with E-state index >= 15 is 0 Å². The Morgan fingerprint density at radius 2 is 1.56 bits per heavy atom. The Kier molecular flexibility index (Phi) is 6.73. The number of pyridine rings is 4. The lowest BCUT2D eigenvalue weighted by atomic mass is 10.0. The number of nitrogens with one attached hydrogen (secondary N) is 2. The molecule has 4 rings (SSSR count). The number of carbonyl (C=O) groups excluding carboxylic acids is 2. The summed E-state index contributed by atoms with van der Waals surface area (Å²) in [6.07, 6.45) is 0.870. The molecule has 4 aromatic heterocycles. The Bertz CT molecular complexity index is 1460. The Labute approximate surface area is 203 Å². The van der Waals surface area contributed by atoms with Crippen LogP contribution in [0.1, 0.15) is 28.7 Å². The number of alkyl halides is 3. The summed E-state index contributed by atoms with van der Waals surface area (Å²) in [5, 5.41) is 5.21. The number of anilines is 2. The van der Waals surface area contributed by atoms with Crippen LogP contribution in [-0.2, 0) is 11.0 Å². The normalized spacial score (nSPS) is 11.1. The molecule has 0 bridgehead atoms. The van der Waals surface area contributed by atoms with Gasteiger partial charge in [0.25, 0.3) is 5.91 Å². The molecule has 4 heterocycles. The highest BCUT2D eigenvalue weighted by molar-refractivity contribution is 6.04. The zero-order valence-corrected chi connectivity index (χ0v) is 19.1. The molecule has 0 atom stereocenters. The van der Waals surface area contributed by atoms with Crippen LogP contribution >= 0.6 is 0 Å². The van der Waals surface area contributed by atoms with Crippen molar-refractivity contribution in [2.75, 3.05) is 10.6 Å². The summed E-state index contributed by atoms with van der Waals surface area (Å²) in [5.74, 6) is -0.583. The molecule has 0 fully saturated rings. The van der Waals surface area contributed by atoms with Crippen LogP contribution in [0, 0.1) is 6.92 Å². The first-order chi connectivity index (χ1) is 17.1. The highest BCUT2D eigenvalue weighted by Gasteiger charge is 2.33. The van der Waals surface area contributed by atoms with Gasteiger partial charge in [0.2, 0.25) is 5.91 Å². The van der Waals surface area contributed by atoms with Crippen LogP contribution in [0.2, 0.25) is 0 Å². The van der Waals surface area contributed by atoms with Crippen LogP contribution in [-0.4, -0.2) is 31.8 Å². The van der Waals surface area contributed by atoms with Crippen LogP contribution < -0.4 is 10.6 Å². The summed E-state index contributed by atoms with van der Waals surface area (Å²) >= 11 is 0. The number of nitrogens with zero attached hydrogens (tertiary/aromatic N) is 4. The second kappa shape index (κ2) is 9.90. The van der Waals surface area contributed by atoms with Gasteiger partial charge in [-0.05, 0) is 55.0 Å². The quantitative estimate of drug-likeness (QED) is 0.399. The van der Waals surface area contributed by atoms with Gasteiger partial charge >= 0.3 is 6.18 Å². The maximum atomic E-state index is 12.9. The SMILES string of the molecule is CC(=O)Nc1cc(-c2cc(-c3cc(NC(=O)c4ccnc(C(F)(F)F)c4)cnc3C)ccn2)ccn1. The van der Waals surface area contributed by atoms with Crippen LogP contribution in [0.5, 0.6) is 0 Å². The maximum Gasteiger partial charge on any atom is 0.433 e. The van der Waals surface area contributed by atoms with E-state index in [-0.39, 0.29) is 11.5 Å². The van der Waals surface area contributed by atoms with E-state index < -0.39 is 17.8 Å². The number of carbonyl (C=O) groups is 2. The minimum atomic E-state index is -4.66. The van der Waals surface area contributed by atoms with Crippen molar-refractivity contribution in [2.24, 2.45) is 0 Å². The topological polar surface area (TPSA) is 110 Å². The fourth-order valence-corrected chi connectivity index (χ4v) is 3.42. The molecule has 0 saturated carbocycles. The molecular weight excluding hydrogens is 473 g/mol. The number of hydrogen-bond acceptors (Lipinski definition) is 6. The fraction of sp³-hybridized carbons (Fsp3) is 0.120. The van der Waals surface area contributed by atoms with Crippen LogP contribution in [0.3, 0.4) is 0 Å². The van der Waals surface area contributed by atoms with Crippen molar-refractivity contribution in [1.82, 2.24) is 19.9 Å². The fourth-order valence-electron chi connectivity index (χ4n) is 3.42. The minimum Gasteiger partial charge on any atom is -0.321 e. The standard InChI is InChI=1S/C25H19F3N6O2/c1-14-20(16-3-6-29-21(9-16)17-4-8-31-23(11-17)33-15(2)35)12-19(13-32-14)34-24(36)18-5-7-30-22(10-18)25(26,27)28/h3-13H,1-2H3,(H,34,36)(H,31,33,35). The molecule has 36 heavy (non-hydrogen) atoms. The van der Waals surface area contributed by atoms with Crippen molar-refractivity contribution in [2.45, 2.75) is 20.0 Å². The molecule has 0 aliphatic carbocycles. The Morgan fingerprint density at radius 1 is 0.833 bits per heavy atom. The van der Waals surface area contributed by atoms with Gasteiger partial charge in [0.1, 0.15) is 11.5 Å². The molecule has 0 aliphatic heterocycles. The van der Waals surface area contributed by atoms with Crippen molar-refractivity contribution >= 4 is 23.3 Å². The smallest absolute Gasteiger partial charge is 0.321 e. The molecule has 11 heteroatoms. The van der Waals surface area contributed by atoms with Gasteiger partial charge in [-0.15, -0.1) is 0 Å². The molecule has 0 unspecified atom stereocenters. The summed E-state index contributed by atoms with van der Waals surface area (Å²) < 4.78 is 38.8. The van der Waals surface area contributed by atoms with Gasteiger partial charge in [-0.2, -0.15) is 13.2 Å². The summed E-state index contributed by atoms with van der Waals surface area (Å²) in [5.41, 5.74) is 2.43. The van der Waals surface area contributed by atoms with Crippen LogP contribution in [0.4, 0.5) is 24.7 Å². The lowest BCUT2D eigenvalue weighted by molar-refractivity contribution is -0.141. The average molecular weight is 492 g/mol. The summed E-state index contributed by atoms with van der Waals surface area (Å²) in [4.78, 5) is 40.0. The second-order valence-electron chi connectivity index (χ2n) is 7.78. The van der Waals surface area contributed by atoms with E-state index in [4.69, 9.17) is 0 Å². The summed E-state index contributed by atoms with van der Waals surface area (Å²) in [6.45, 7) is 3.18. The highest BCUT2D eigenvalue weighted by atomic mass is 19.4. The summed E-state index contributed by atoms with van der Waals surface area (Å²) in [6, 6.07) is 10.6. The molecule has 8 nitrogen and oxygen atoms in total. The Hall–Kier alpha value is -4.67. The van der Waals surface area contributed by atoms with E-state index in [1.165, 1.54) is 19.2 Å². The van der Waals surface area contributed by atoms with E-state index in [0.717, 1.165) is 17.3 Å². The summed E-state index contributed by atoms with van der Waals surface area (Å²) in [7, 11) is 0. The van der Waals surface area contributed by atoms with E-state index in [0.29, 0.717) is 34.5 Å². The van der Waals surface area contributed by atoms with Gasteiger partial charge in [0.05, 0.1) is 17.6 Å². The first kappa shape index (κ1) is 24.5. The van der Waals surface area contributed by atoms with Gasteiger partial charge in [-0.1, -0.05) is 0 Å². The molecule has 2 amide bonds. The number of aryl methyl sites for hydroxylation is 1. The van der Waals surface area contributed by atoms with Crippen LogP contribution in [0.25, 0.3) is 22.4 Å². The molecule has 0 spiro atoms. The Morgan fingerprint density at radius 3 is 2.31 bits per heavy atom. The van der Waals surface area contributed by atoms with Gasteiger partial charge in [-0.3, -0.25) is 24.5 Å². The third-order valence-electron chi connectivity index (χ3n) is 5.09. The maximum absolute atomic E-state index is 12.9. The first-order valence-corrected chi connectivity index (χ1v) is 10.6. The molecule has 0 aromatic carbocycles. The lowest BCUT2D eigenvalue weighted by Crippen LogP contribution is -2.15. The second-order valence-corrected chi connectivity index (χ2v) is 7.78. The zero-order chi connectivity index (χ0) is 25.9. The molecule has 0 saturated heterocycles. The van der Waals surface area contributed by atoms with Crippen molar-refractivity contribution in [1.29, 1.82) is 0 Å². The number of hydrogen-bond donors (Lipinski definition) is 2. The predicted molar refractivity (Wildman–Crippen MR) is 127 cm³/mol. The van der Waals surface area contributed by atoms with Crippen molar-refractivity contribution in [3.8, 4) is 22.4 Å². The minimum absolute atomic E-state index is 0.182. The van der Waals surface area contributed by atoms with E-state index in [1.807, 2.05) is 6.07 Å². The Balaban J connectivity index is 1.62. The van der Waals surface area contributed by atoms with Crippen molar-refractivity contribution in [3.63, 3.8) is 0 Å². The lowest BCUT2D eigenvalue weighted by Gasteiger charge is -2.12. The van der Waals surface area contributed by atoms with Crippen LogP contribution in [0.15, 0.2) is 67.3 Å². The third-order valence-corrected chi connectivity index (χ3v) is 5.09. The number of rotatable bonds is 5. The largest absolute Gasteiger partial charge is 0.433 e. The zero-order valence-electron chi connectivity index (χ0n) is 19.1. The number of amides is 2. The molecule has 0 radical (unpaired) electrons. The van der Waals surface area contributed by atoms with E-state index in [2.05, 4.69) is 30.6 Å².